The van der Waals surface area contributed by atoms with Gasteiger partial charge in [0.25, 0.3) is 0 Å². The first-order valence-electron chi connectivity index (χ1n) is 10.9. The highest BCUT2D eigenvalue weighted by Gasteiger charge is 2.59. The fourth-order valence-corrected chi connectivity index (χ4v) is 5.60. The predicted octanol–water partition coefficient (Wildman–Crippen LogP) is 4.97. The monoisotopic (exact) mass is 389 g/mol. The molecular weight excluding hydrogens is 365 g/mol. The maximum Gasteiger partial charge on any atom is 0.420 e. The van der Waals surface area contributed by atoms with Crippen LogP contribution in [-0.4, -0.2) is 24.4 Å². The van der Waals surface area contributed by atoms with Crippen LogP contribution in [0, 0.1) is 0 Å². The van der Waals surface area contributed by atoms with E-state index < -0.39 is 5.60 Å². The lowest BCUT2D eigenvalue weighted by atomic mass is 9.70. The Hall–Kier alpha value is -2.88. The summed E-state index contributed by atoms with van der Waals surface area (Å²) in [6, 6.07) is 37.2. The third-order valence-corrected chi connectivity index (χ3v) is 6.86. The van der Waals surface area contributed by atoms with Gasteiger partial charge in [-0.2, -0.15) is 0 Å². The molecule has 6 rings (SSSR count). The first-order chi connectivity index (χ1) is 14.9. The highest BCUT2D eigenvalue weighted by atomic mass is 16.5. The van der Waals surface area contributed by atoms with E-state index in [0.717, 1.165) is 13.0 Å². The SMILES string of the molecule is c1ccc(C2(c3ccccc3)OB(c3cccc4ccccc34)N3CCCC32)cc1. The van der Waals surface area contributed by atoms with E-state index >= 15 is 0 Å². The van der Waals surface area contributed by atoms with Crippen molar-refractivity contribution in [1.29, 1.82) is 0 Å². The minimum Gasteiger partial charge on any atom is -0.402 e. The molecule has 0 saturated carbocycles. The summed E-state index contributed by atoms with van der Waals surface area (Å²) >= 11 is 0. The van der Waals surface area contributed by atoms with Gasteiger partial charge in [-0.3, -0.25) is 0 Å². The minimum atomic E-state index is -0.458. The summed E-state index contributed by atoms with van der Waals surface area (Å²) in [6.07, 6.45) is 2.35. The van der Waals surface area contributed by atoms with Gasteiger partial charge >= 0.3 is 7.05 Å². The Bertz CT molecular complexity index is 1130. The molecule has 146 valence electrons. The Morgan fingerprint density at radius 1 is 0.733 bits per heavy atom. The Morgan fingerprint density at radius 3 is 2.10 bits per heavy atom. The number of fused-ring (bicyclic) bond motifs is 2. The molecule has 0 radical (unpaired) electrons. The second-order valence-corrected chi connectivity index (χ2v) is 8.40. The molecule has 2 aliphatic heterocycles. The van der Waals surface area contributed by atoms with Crippen LogP contribution in [0.3, 0.4) is 0 Å². The van der Waals surface area contributed by atoms with Crippen LogP contribution in [0.1, 0.15) is 24.0 Å². The van der Waals surface area contributed by atoms with Crippen molar-refractivity contribution in [3.63, 3.8) is 0 Å². The van der Waals surface area contributed by atoms with E-state index in [1.165, 1.54) is 33.8 Å². The molecule has 2 fully saturated rings. The maximum absolute atomic E-state index is 7.21. The first kappa shape index (κ1) is 17.9. The molecule has 0 N–H and O–H groups in total. The second kappa shape index (κ2) is 7.12. The van der Waals surface area contributed by atoms with Crippen molar-refractivity contribution in [2.24, 2.45) is 0 Å². The van der Waals surface area contributed by atoms with Gasteiger partial charge in [0, 0.05) is 6.04 Å². The van der Waals surface area contributed by atoms with Crippen molar-refractivity contribution in [3.8, 4) is 0 Å². The molecule has 0 spiro atoms. The standard InChI is InChI=1S/C27H24BNO/c1-3-13-22(14-4-1)27(23-15-5-2-6-16-23)26-19-10-20-29(26)28(30-27)25-18-9-12-21-11-7-8-17-24(21)25/h1-9,11-18,26H,10,19-20H2. The van der Waals surface area contributed by atoms with Crippen LogP contribution in [0.4, 0.5) is 0 Å². The third kappa shape index (κ3) is 2.59. The Labute approximate surface area is 178 Å². The van der Waals surface area contributed by atoms with E-state index in [-0.39, 0.29) is 7.05 Å². The lowest BCUT2D eigenvalue weighted by molar-refractivity contribution is 0.106. The van der Waals surface area contributed by atoms with Crippen molar-refractivity contribution >= 4 is 23.3 Å². The normalized spacial score (nSPS) is 20.5. The van der Waals surface area contributed by atoms with Crippen LogP contribution in [0.25, 0.3) is 10.8 Å². The van der Waals surface area contributed by atoms with Crippen LogP contribution in [0.2, 0.25) is 0 Å². The average Bonchev–Trinajstić information content (AvgIpc) is 3.42. The van der Waals surface area contributed by atoms with Gasteiger partial charge in [0.15, 0.2) is 0 Å². The Balaban J connectivity index is 1.57. The maximum atomic E-state index is 7.21. The summed E-state index contributed by atoms with van der Waals surface area (Å²) in [6.45, 7) is 1.07. The lowest BCUT2D eigenvalue weighted by Gasteiger charge is -2.36. The molecule has 3 heteroatoms. The zero-order valence-corrected chi connectivity index (χ0v) is 16.9. The summed E-state index contributed by atoms with van der Waals surface area (Å²) in [5, 5.41) is 2.55. The Kier molecular flexibility index (Phi) is 4.26. The molecule has 2 nitrogen and oxygen atoms in total. The number of benzene rings is 4. The number of hydrogen-bond acceptors (Lipinski definition) is 2. The highest BCUT2D eigenvalue weighted by molar-refractivity contribution is 6.68. The molecule has 4 aromatic carbocycles. The molecule has 4 aromatic rings. The predicted molar refractivity (Wildman–Crippen MR) is 124 cm³/mol. The molecule has 0 aromatic heterocycles. The molecule has 1 atom stereocenters. The number of rotatable bonds is 3. The van der Waals surface area contributed by atoms with E-state index in [9.17, 15) is 0 Å². The largest absolute Gasteiger partial charge is 0.420 e. The van der Waals surface area contributed by atoms with Crippen molar-refractivity contribution in [3.05, 3.63) is 114 Å². The van der Waals surface area contributed by atoms with Crippen LogP contribution in [0.5, 0.6) is 0 Å². The molecule has 2 aliphatic rings. The molecule has 0 aliphatic carbocycles. The van der Waals surface area contributed by atoms with Crippen LogP contribution in [0.15, 0.2) is 103 Å². The third-order valence-electron chi connectivity index (χ3n) is 6.86. The first-order valence-corrected chi connectivity index (χ1v) is 10.9. The van der Waals surface area contributed by atoms with Crippen molar-refractivity contribution in [1.82, 2.24) is 4.81 Å². The van der Waals surface area contributed by atoms with Gasteiger partial charge in [0.1, 0.15) is 5.60 Å². The van der Waals surface area contributed by atoms with Crippen LogP contribution in [-0.2, 0) is 10.3 Å². The lowest BCUT2D eigenvalue weighted by Crippen LogP contribution is -2.46. The molecular formula is C27H24BNO. The van der Waals surface area contributed by atoms with Gasteiger partial charge in [-0.25, -0.2) is 0 Å². The molecule has 0 amide bonds. The van der Waals surface area contributed by atoms with E-state index in [1.807, 2.05) is 0 Å². The highest BCUT2D eigenvalue weighted by Crippen LogP contribution is 2.49. The molecule has 2 heterocycles. The summed E-state index contributed by atoms with van der Waals surface area (Å²) in [5.41, 5.74) is 3.31. The molecule has 1 unspecified atom stereocenters. The van der Waals surface area contributed by atoms with E-state index in [2.05, 4.69) is 108 Å². The van der Waals surface area contributed by atoms with Gasteiger partial charge in [0.05, 0.1) is 0 Å². The molecule has 0 bridgehead atoms. The topological polar surface area (TPSA) is 12.5 Å². The molecule has 30 heavy (non-hydrogen) atoms. The zero-order chi connectivity index (χ0) is 20.0. The van der Waals surface area contributed by atoms with Crippen molar-refractivity contribution in [2.75, 3.05) is 6.54 Å². The fourth-order valence-electron chi connectivity index (χ4n) is 5.60. The smallest absolute Gasteiger partial charge is 0.402 e. The van der Waals surface area contributed by atoms with E-state index in [4.69, 9.17) is 4.65 Å². The Morgan fingerprint density at radius 2 is 1.37 bits per heavy atom. The van der Waals surface area contributed by atoms with Gasteiger partial charge in [-0.05, 0) is 46.7 Å². The summed E-state index contributed by atoms with van der Waals surface area (Å²) in [7, 11) is -0.0518. The van der Waals surface area contributed by atoms with Crippen molar-refractivity contribution < 1.29 is 4.65 Å². The summed E-state index contributed by atoms with van der Waals surface area (Å²) < 4.78 is 7.21. The number of nitrogens with zero attached hydrogens (tertiary/aromatic N) is 1. The van der Waals surface area contributed by atoms with E-state index in [1.54, 1.807) is 0 Å². The average molecular weight is 389 g/mol. The summed E-state index contributed by atoms with van der Waals surface area (Å²) in [4.78, 5) is 2.60. The van der Waals surface area contributed by atoms with Gasteiger partial charge in [-0.15, -0.1) is 0 Å². The number of hydrogen-bond donors (Lipinski definition) is 0. The summed E-state index contributed by atoms with van der Waals surface area (Å²) in [5.74, 6) is 0. The van der Waals surface area contributed by atoms with Gasteiger partial charge < -0.3 is 9.47 Å². The van der Waals surface area contributed by atoms with E-state index in [0.29, 0.717) is 6.04 Å². The zero-order valence-electron chi connectivity index (χ0n) is 16.9. The second-order valence-electron chi connectivity index (χ2n) is 8.40. The van der Waals surface area contributed by atoms with Gasteiger partial charge in [0.2, 0.25) is 0 Å². The molecule has 2 saturated heterocycles. The van der Waals surface area contributed by atoms with Gasteiger partial charge in [-0.1, -0.05) is 103 Å². The fraction of sp³-hybridized carbons (Fsp3) is 0.185. The van der Waals surface area contributed by atoms with Crippen molar-refractivity contribution in [2.45, 2.75) is 24.5 Å². The minimum absolute atomic E-state index is 0.0518. The van der Waals surface area contributed by atoms with Crippen LogP contribution < -0.4 is 5.46 Å². The van der Waals surface area contributed by atoms with Crippen LogP contribution >= 0.6 is 0 Å². The quantitative estimate of drug-likeness (QED) is 0.459.